The van der Waals surface area contributed by atoms with Crippen LogP contribution in [0.5, 0.6) is 0 Å². The first-order valence-corrected chi connectivity index (χ1v) is 12.3. The number of benzene rings is 1. The van der Waals surface area contributed by atoms with Crippen molar-refractivity contribution in [1.82, 2.24) is 29.9 Å². The number of rotatable bonds is 8. The number of aromatic amines is 1. The summed E-state index contributed by atoms with van der Waals surface area (Å²) >= 11 is 12.6. The normalized spacial score (nSPS) is 16.5. The number of halogens is 2. The SMILES string of the molecule is CCCCCCC(=O)N1CCC[C@@H](c2nc3c(nnn3Cc3c(Cl)cccc3Cl)c(=O)[nH]2)C1. The minimum Gasteiger partial charge on any atom is -0.342 e. The highest BCUT2D eigenvalue weighted by atomic mass is 35.5. The summed E-state index contributed by atoms with van der Waals surface area (Å²) in [6.07, 6.45) is 6.61. The summed E-state index contributed by atoms with van der Waals surface area (Å²) < 4.78 is 1.54. The average Bonchev–Trinajstić information content (AvgIpc) is 3.22. The Labute approximate surface area is 202 Å². The van der Waals surface area contributed by atoms with Gasteiger partial charge in [-0.05, 0) is 31.4 Å². The van der Waals surface area contributed by atoms with Crippen LogP contribution >= 0.6 is 23.2 Å². The molecule has 0 saturated carbocycles. The van der Waals surface area contributed by atoms with E-state index in [9.17, 15) is 9.59 Å². The molecule has 1 atom stereocenters. The van der Waals surface area contributed by atoms with Gasteiger partial charge in [0.2, 0.25) is 5.91 Å². The van der Waals surface area contributed by atoms with Gasteiger partial charge in [-0.25, -0.2) is 9.67 Å². The van der Waals surface area contributed by atoms with Crippen LogP contribution in [0.15, 0.2) is 23.0 Å². The Hall–Kier alpha value is -2.45. The van der Waals surface area contributed by atoms with Crippen molar-refractivity contribution in [2.24, 2.45) is 0 Å². The molecule has 0 radical (unpaired) electrons. The van der Waals surface area contributed by atoms with Crippen LogP contribution in [-0.2, 0) is 11.3 Å². The van der Waals surface area contributed by atoms with Gasteiger partial charge in [0.1, 0.15) is 5.82 Å². The molecule has 1 aliphatic rings. The predicted octanol–water partition coefficient (Wildman–Crippen LogP) is 4.55. The van der Waals surface area contributed by atoms with Crippen molar-refractivity contribution < 1.29 is 4.79 Å². The molecule has 176 valence electrons. The third kappa shape index (κ3) is 5.38. The number of likely N-dealkylation sites (tertiary alicyclic amines) is 1. The van der Waals surface area contributed by atoms with Crippen LogP contribution < -0.4 is 5.56 Å². The number of H-pyrrole nitrogens is 1. The van der Waals surface area contributed by atoms with Crippen LogP contribution in [0.2, 0.25) is 10.0 Å². The number of nitrogens with one attached hydrogen (secondary N) is 1. The van der Waals surface area contributed by atoms with Gasteiger partial charge in [0.05, 0.1) is 6.54 Å². The van der Waals surface area contributed by atoms with Crippen molar-refractivity contribution >= 4 is 40.3 Å². The molecule has 10 heteroatoms. The minimum absolute atomic E-state index is 0.0392. The van der Waals surface area contributed by atoms with Gasteiger partial charge < -0.3 is 9.88 Å². The number of amides is 1. The standard InChI is InChI=1S/C23H28Cl2N6O2/c1-2-3-4-5-11-19(32)30-12-7-8-15(13-30)21-26-22-20(23(33)27-21)28-29-31(22)14-16-17(24)9-6-10-18(16)25/h6,9-10,15H,2-5,7-8,11-14H2,1H3,(H,26,27,33)/t15-/m1/s1. The predicted molar refractivity (Wildman–Crippen MR) is 129 cm³/mol. The number of carbonyl (C=O) groups is 1. The maximum atomic E-state index is 12.7. The molecule has 1 saturated heterocycles. The van der Waals surface area contributed by atoms with Gasteiger partial charge in [0.15, 0.2) is 11.2 Å². The monoisotopic (exact) mass is 490 g/mol. The number of hydrogen-bond donors (Lipinski definition) is 1. The summed E-state index contributed by atoms with van der Waals surface area (Å²) in [5.74, 6) is 0.701. The van der Waals surface area contributed by atoms with Crippen molar-refractivity contribution in [2.45, 2.75) is 64.3 Å². The van der Waals surface area contributed by atoms with Crippen molar-refractivity contribution in [3.63, 3.8) is 0 Å². The quantitative estimate of drug-likeness (QED) is 0.467. The minimum atomic E-state index is -0.338. The van der Waals surface area contributed by atoms with Crippen LogP contribution in [0, 0.1) is 0 Å². The third-order valence-corrected chi connectivity index (χ3v) is 6.87. The molecular weight excluding hydrogens is 463 g/mol. The van der Waals surface area contributed by atoms with Gasteiger partial charge in [0, 0.05) is 41.0 Å². The number of fused-ring (bicyclic) bond motifs is 1. The summed E-state index contributed by atoms with van der Waals surface area (Å²) in [6, 6.07) is 5.28. The average molecular weight is 491 g/mol. The van der Waals surface area contributed by atoms with Gasteiger partial charge in [0.25, 0.3) is 5.56 Å². The highest BCUT2D eigenvalue weighted by Gasteiger charge is 2.27. The summed E-state index contributed by atoms with van der Waals surface area (Å²) in [4.78, 5) is 34.9. The second kappa shape index (κ2) is 10.7. The summed E-state index contributed by atoms with van der Waals surface area (Å²) in [5.41, 5.74) is 0.901. The van der Waals surface area contributed by atoms with Crippen LogP contribution in [0.3, 0.4) is 0 Å². The van der Waals surface area contributed by atoms with Crippen molar-refractivity contribution in [3.8, 4) is 0 Å². The Morgan fingerprint density at radius 3 is 2.76 bits per heavy atom. The number of piperidine rings is 1. The van der Waals surface area contributed by atoms with E-state index in [1.807, 2.05) is 4.90 Å². The molecule has 1 amide bonds. The Morgan fingerprint density at radius 1 is 1.21 bits per heavy atom. The molecule has 8 nitrogen and oxygen atoms in total. The molecule has 2 aromatic heterocycles. The summed E-state index contributed by atoms with van der Waals surface area (Å²) in [7, 11) is 0. The first-order chi connectivity index (χ1) is 16.0. The Morgan fingerprint density at radius 2 is 2.00 bits per heavy atom. The fourth-order valence-corrected chi connectivity index (χ4v) is 4.82. The van der Waals surface area contributed by atoms with E-state index >= 15 is 0 Å². The number of carbonyl (C=O) groups excluding carboxylic acids is 1. The second-order valence-corrected chi connectivity index (χ2v) is 9.37. The first-order valence-electron chi connectivity index (χ1n) is 11.5. The van der Waals surface area contributed by atoms with Crippen molar-refractivity contribution in [1.29, 1.82) is 0 Å². The number of hydrogen-bond acceptors (Lipinski definition) is 5. The molecule has 0 unspecified atom stereocenters. The van der Waals surface area contributed by atoms with Crippen LogP contribution in [0.25, 0.3) is 11.2 Å². The first kappa shape index (κ1) is 23.7. The molecule has 1 aromatic carbocycles. The Bertz CT molecular complexity index is 1170. The molecular formula is C23H28Cl2N6O2. The molecule has 3 heterocycles. The van der Waals surface area contributed by atoms with Crippen LogP contribution in [0.4, 0.5) is 0 Å². The van der Waals surface area contributed by atoms with Crippen molar-refractivity contribution in [3.05, 3.63) is 50.0 Å². The fourth-order valence-electron chi connectivity index (χ4n) is 4.30. The molecule has 3 aromatic rings. The maximum absolute atomic E-state index is 12.7. The molecule has 0 bridgehead atoms. The largest absolute Gasteiger partial charge is 0.342 e. The number of aromatic nitrogens is 5. The lowest BCUT2D eigenvalue weighted by molar-refractivity contribution is -0.132. The zero-order chi connectivity index (χ0) is 23.4. The molecule has 0 aliphatic carbocycles. The topological polar surface area (TPSA) is 96.8 Å². The van der Waals surface area contributed by atoms with E-state index in [2.05, 4.69) is 22.2 Å². The van der Waals surface area contributed by atoms with Crippen LogP contribution in [0.1, 0.15) is 69.2 Å². The Balaban J connectivity index is 1.55. The van der Waals surface area contributed by atoms with Gasteiger partial charge in [-0.3, -0.25) is 9.59 Å². The van der Waals surface area contributed by atoms with Crippen LogP contribution in [-0.4, -0.2) is 48.9 Å². The maximum Gasteiger partial charge on any atom is 0.281 e. The number of unbranched alkanes of at least 4 members (excludes halogenated alkanes) is 3. The van der Waals surface area contributed by atoms with Gasteiger partial charge in [-0.1, -0.05) is 60.7 Å². The zero-order valence-electron chi connectivity index (χ0n) is 18.7. The van der Waals surface area contributed by atoms with E-state index in [-0.39, 0.29) is 29.4 Å². The lowest BCUT2D eigenvalue weighted by Crippen LogP contribution is -2.39. The lowest BCUT2D eigenvalue weighted by Gasteiger charge is -2.32. The van der Waals surface area contributed by atoms with E-state index in [0.717, 1.165) is 45.1 Å². The van der Waals surface area contributed by atoms with E-state index in [1.165, 1.54) is 0 Å². The second-order valence-electron chi connectivity index (χ2n) is 8.56. The summed E-state index contributed by atoms with van der Waals surface area (Å²) in [6.45, 7) is 3.71. The van der Waals surface area contributed by atoms with E-state index in [4.69, 9.17) is 28.2 Å². The fraction of sp³-hybridized carbons (Fsp3) is 0.522. The van der Waals surface area contributed by atoms with Gasteiger partial charge >= 0.3 is 0 Å². The highest BCUT2D eigenvalue weighted by molar-refractivity contribution is 6.36. The Kier molecular flexibility index (Phi) is 7.65. The zero-order valence-corrected chi connectivity index (χ0v) is 20.2. The molecule has 33 heavy (non-hydrogen) atoms. The van der Waals surface area contributed by atoms with E-state index in [0.29, 0.717) is 40.0 Å². The molecule has 1 N–H and O–H groups in total. The lowest BCUT2D eigenvalue weighted by atomic mass is 9.96. The summed E-state index contributed by atoms with van der Waals surface area (Å²) in [5, 5.41) is 9.14. The molecule has 1 aliphatic heterocycles. The van der Waals surface area contributed by atoms with Crippen molar-refractivity contribution in [2.75, 3.05) is 13.1 Å². The molecule has 4 rings (SSSR count). The smallest absolute Gasteiger partial charge is 0.281 e. The molecule has 1 fully saturated rings. The third-order valence-electron chi connectivity index (χ3n) is 6.17. The number of nitrogens with zero attached hydrogens (tertiary/aromatic N) is 5. The van der Waals surface area contributed by atoms with Gasteiger partial charge in [-0.15, -0.1) is 5.10 Å². The van der Waals surface area contributed by atoms with Gasteiger partial charge in [-0.2, -0.15) is 0 Å². The highest BCUT2D eigenvalue weighted by Crippen LogP contribution is 2.27. The van der Waals surface area contributed by atoms with E-state index < -0.39 is 0 Å². The van der Waals surface area contributed by atoms with E-state index in [1.54, 1.807) is 22.9 Å². The molecule has 0 spiro atoms.